The van der Waals surface area contributed by atoms with E-state index in [4.69, 9.17) is 16.6 Å². The lowest BCUT2D eigenvalue weighted by molar-refractivity contribution is -0.156. The summed E-state index contributed by atoms with van der Waals surface area (Å²) >= 11 is 0. The van der Waals surface area contributed by atoms with Gasteiger partial charge in [-0.1, -0.05) is 6.92 Å². The van der Waals surface area contributed by atoms with E-state index in [9.17, 15) is 54.6 Å². The van der Waals surface area contributed by atoms with E-state index in [2.05, 4.69) is 0 Å². The Morgan fingerprint density at radius 2 is 1.13 bits per heavy atom. The fraction of sp³-hybridized carbons (Fsp3) is 0.773. The van der Waals surface area contributed by atoms with E-state index < -0.39 is 92.7 Å². The number of nitrogens with zero attached hydrogens (tertiary/aromatic N) is 3. The standard InChI is InChI=1S/C22H41N5O12/c1-2-26(16(19(23)34)7-13(30)11-28)5-3-25(10-18(32)33)4-6-27(9-15(21(36)37)22(38)39)17(20(24)35)8-14(31)12-29/h13-17,28-31H,2-12H2,1H3,(H2,23,34)(H2,24,35)(H,32,33)(H,36,37)(H,38,39). The molecule has 0 aliphatic carbocycles. The minimum Gasteiger partial charge on any atom is -0.481 e. The largest absolute Gasteiger partial charge is 0.481 e. The molecular weight excluding hydrogens is 526 g/mol. The lowest BCUT2D eigenvalue weighted by atomic mass is 10.0. The summed E-state index contributed by atoms with van der Waals surface area (Å²) in [5.74, 6) is -8.38. The number of rotatable bonds is 23. The van der Waals surface area contributed by atoms with Crippen molar-refractivity contribution in [1.29, 1.82) is 0 Å². The van der Waals surface area contributed by atoms with Crippen LogP contribution in [0.5, 0.6) is 0 Å². The molecule has 226 valence electrons. The molecule has 0 spiro atoms. The van der Waals surface area contributed by atoms with Gasteiger partial charge in [-0.2, -0.15) is 0 Å². The second-order valence-corrected chi connectivity index (χ2v) is 9.00. The molecule has 0 aliphatic rings. The number of hydrogen-bond donors (Lipinski definition) is 9. The lowest BCUT2D eigenvalue weighted by Gasteiger charge is -2.35. The van der Waals surface area contributed by atoms with Crippen molar-refractivity contribution in [3.8, 4) is 0 Å². The number of nitrogens with two attached hydrogens (primary N) is 2. The molecule has 0 radical (unpaired) electrons. The second-order valence-electron chi connectivity index (χ2n) is 9.00. The van der Waals surface area contributed by atoms with Gasteiger partial charge < -0.3 is 47.2 Å². The van der Waals surface area contributed by atoms with Crippen molar-refractivity contribution >= 4 is 29.7 Å². The maximum atomic E-state index is 12.1. The van der Waals surface area contributed by atoms with Gasteiger partial charge in [-0.3, -0.25) is 38.7 Å². The van der Waals surface area contributed by atoms with E-state index in [1.165, 1.54) is 4.90 Å². The van der Waals surface area contributed by atoms with Crippen LogP contribution in [0.3, 0.4) is 0 Å². The van der Waals surface area contributed by atoms with E-state index in [0.29, 0.717) is 0 Å². The van der Waals surface area contributed by atoms with Crippen LogP contribution in [0.1, 0.15) is 19.8 Å². The first-order valence-electron chi connectivity index (χ1n) is 12.2. The summed E-state index contributed by atoms with van der Waals surface area (Å²) in [6, 6.07) is -2.35. The molecule has 0 aromatic heterocycles. The molecule has 4 atom stereocenters. The zero-order valence-electron chi connectivity index (χ0n) is 21.8. The average Bonchev–Trinajstić information content (AvgIpc) is 2.85. The molecule has 0 aliphatic heterocycles. The Morgan fingerprint density at radius 1 is 0.718 bits per heavy atom. The number of aliphatic carboxylic acids is 3. The molecule has 11 N–H and O–H groups in total. The molecule has 0 saturated carbocycles. The lowest BCUT2D eigenvalue weighted by Crippen LogP contribution is -2.53. The van der Waals surface area contributed by atoms with Gasteiger partial charge >= 0.3 is 17.9 Å². The molecule has 2 amide bonds. The Balaban J connectivity index is 5.88. The summed E-state index contributed by atoms with van der Waals surface area (Å²) in [5.41, 5.74) is 10.9. The van der Waals surface area contributed by atoms with Crippen molar-refractivity contribution in [3.63, 3.8) is 0 Å². The molecule has 39 heavy (non-hydrogen) atoms. The van der Waals surface area contributed by atoms with Crippen molar-refractivity contribution in [3.05, 3.63) is 0 Å². The normalized spacial score (nSPS) is 14.9. The Morgan fingerprint density at radius 3 is 1.46 bits per heavy atom. The summed E-state index contributed by atoms with van der Waals surface area (Å²) < 4.78 is 0. The Kier molecular flexibility index (Phi) is 17.0. The number of amides is 2. The number of carbonyl (C=O) groups excluding carboxylic acids is 2. The smallest absolute Gasteiger partial charge is 0.319 e. The molecular formula is C22H41N5O12. The highest BCUT2D eigenvalue weighted by molar-refractivity contribution is 5.93. The Labute approximate surface area is 225 Å². The fourth-order valence-electron chi connectivity index (χ4n) is 3.96. The van der Waals surface area contributed by atoms with Gasteiger partial charge in [0, 0.05) is 45.6 Å². The molecule has 0 aromatic carbocycles. The molecule has 17 nitrogen and oxygen atoms in total. The first-order chi connectivity index (χ1) is 18.2. The van der Waals surface area contributed by atoms with Crippen molar-refractivity contribution < 1.29 is 59.7 Å². The summed E-state index contributed by atoms with van der Waals surface area (Å²) in [6.45, 7) is -0.855. The van der Waals surface area contributed by atoms with Gasteiger partial charge in [0.2, 0.25) is 11.8 Å². The monoisotopic (exact) mass is 567 g/mol. The van der Waals surface area contributed by atoms with Gasteiger partial charge in [-0.15, -0.1) is 0 Å². The van der Waals surface area contributed by atoms with E-state index in [0.717, 1.165) is 4.90 Å². The van der Waals surface area contributed by atoms with Crippen LogP contribution >= 0.6 is 0 Å². The zero-order chi connectivity index (χ0) is 30.3. The number of aliphatic hydroxyl groups excluding tert-OH is 4. The van der Waals surface area contributed by atoms with Crippen LogP contribution < -0.4 is 11.5 Å². The third-order valence-corrected chi connectivity index (χ3v) is 6.14. The summed E-state index contributed by atoms with van der Waals surface area (Å²) in [6.07, 6.45) is -3.23. The Hall–Kier alpha value is -2.93. The van der Waals surface area contributed by atoms with E-state index in [1.807, 2.05) is 0 Å². The summed E-state index contributed by atoms with van der Waals surface area (Å²) in [4.78, 5) is 62.6. The number of primary amides is 2. The highest BCUT2D eigenvalue weighted by Crippen LogP contribution is 2.13. The SMILES string of the molecule is CCN(CCN(CCN(CC(C(=O)O)C(=O)O)C(CC(O)CO)C(N)=O)CC(=O)O)C(CC(O)CO)C(N)=O. The van der Waals surface area contributed by atoms with Gasteiger partial charge in [0.15, 0.2) is 5.92 Å². The average molecular weight is 568 g/mol. The quantitative estimate of drug-likeness (QED) is 0.0522. The maximum Gasteiger partial charge on any atom is 0.319 e. The molecule has 0 rings (SSSR count). The molecule has 0 aromatic rings. The third kappa shape index (κ3) is 13.6. The third-order valence-electron chi connectivity index (χ3n) is 6.14. The predicted molar refractivity (Wildman–Crippen MR) is 133 cm³/mol. The van der Waals surface area contributed by atoms with E-state index >= 15 is 0 Å². The van der Waals surface area contributed by atoms with Crippen LogP contribution in [-0.2, 0) is 24.0 Å². The minimum absolute atomic E-state index is 0.0226. The first kappa shape index (κ1) is 36.1. The van der Waals surface area contributed by atoms with Crippen LogP contribution in [0, 0.1) is 5.92 Å². The maximum absolute atomic E-state index is 12.1. The van der Waals surface area contributed by atoms with Gasteiger partial charge in [-0.25, -0.2) is 0 Å². The predicted octanol–water partition coefficient (Wildman–Crippen LogP) is -5.02. The zero-order valence-corrected chi connectivity index (χ0v) is 21.8. The highest BCUT2D eigenvalue weighted by Gasteiger charge is 2.34. The van der Waals surface area contributed by atoms with Crippen LogP contribution in [0.25, 0.3) is 0 Å². The second kappa shape index (κ2) is 18.4. The van der Waals surface area contributed by atoms with Crippen LogP contribution in [-0.4, -0.2) is 163 Å². The number of aliphatic hydroxyl groups is 4. The summed E-state index contributed by atoms with van der Waals surface area (Å²) in [5, 5.41) is 65.9. The molecule has 0 fully saturated rings. The van der Waals surface area contributed by atoms with E-state index in [1.54, 1.807) is 11.8 Å². The van der Waals surface area contributed by atoms with Crippen molar-refractivity contribution in [2.75, 3.05) is 59.0 Å². The number of carbonyl (C=O) groups is 5. The highest BCUT2D eigenvalue weighted by atomic mass is 16.4. The number of hydrogen-bond acceptors (Lipinski definition) is 12. The molecule has 17 heteroatoms. The van der Waals surface area contributed by atoms with Crippen LogP contribution in [0.2, 0.25) is 0 Å². The van der Waals surface area contributed by atoms with Crippen molar-refractivity contribution in [2.24, 2.45) is 17.4 Å². The van der Waals surface area contributed by atoms with Gasteiger partial charge in [-0.05, 0) is 6.54 Å². The fourth-order valence-corrected chi connectivity index (χ4v) is 3.96. The summed E-state index contributed by atoms with van der Waals surface area (Å²) in [7, 11) is 0. The van der Waals surface area contributed by atoms with Crippen LogP contribution in [0.15, 0.2) is 0 Å². The molecule has 4 unspecified atom stereocenters. The van der Waals surface area contributed by atoms with Gasteiger partial charge in [0.05, 0.1) is 44.1 Å². The van der Waals surface area contributed by atoms with Crippen LogP contribution in [0.4, 0.5) is 0 Å². The molecule has 0 saturated heterocycles. The minimum atomic E-state index is -1.98. The van der Waals surface area contributed by atoms with Gasteiger partial charge in [0.1, 0.15) is 0 Å². The Bertz CT molecular complexity index is 802. The number of carboxylic acid groups (broad SMARTS) is 3. The molecule has 0 bridgehead atoms. The van der Waals surface area contributed by atoms with E-state index in [-0.39, 0.29) is 39.1 Å². The topological polar surface area (TPSA) is 289 Å². The molecule has 0 heterocycles. The number of likely N-dealkylation sites (N-methyl/N-ethyl adjacent to an activating group) is 1. The van der Waals surface area contributed by atoms with Crippen molar-refractivity contribution in [2.45, 2.75) is 44.1 Å². The first-order valence-corrected chi connectivity index (χ1v) is 12.2. The number of carboxylic acids is 3. The van der Waals surface area contributed by atoms with Crippen molar-refractivity contribution in [1.82, 2.24) is 14.7 Å². The van der Waals surface area contributed by atoms with Gasteiger partial charge in [0.25, 0.3) is 0 Å².